The molecule has 1 aliphatic heterocycles. The van der Waals surface area contributed by atoms with Crippen molar-refractivity contribution in [2.45, 2.75) is 24.8 Å². The minimum absolute atomic E-state index is 0.0580. The number of hydrogen-bond acceptors (Lipinski definition) is 3. The lowest BCUT2D eigenvalue weighted by Crippen LogP contribution is -2.50. The monoisotopic (exact) mass is 294 g/mol. The van der Waals surface area contributed by atoms with Crippen molar-refractivity contribution in [1.82, 2.24) is 19.9 Å². The van der Waals surface area contributed by atoms with E-state index in [1.165, 1.54) is 12.8 Å². The molecule has 112 valence electrons. The fourth-order valence-corrected chi connectivity index (χ4v) is 2.67. The summed E-state index contributed by atoms with van der Waals surface area (Å²) in [7, 11) is 0. The molecule has 1 aliphatic carbocycles. The number of aromatic nitrogens is 3. The minimum atomic E-state index is 0.0580. The molecule has 1 saturated carbocycles. The maximum absolute atomic E-state index is 12.1. The first-order chi connectivity index (χ1) is 10.8. The highest BCUT2D eigenvalue weighted by Crippen LogP contribution is 2.39. The van der Waals surface area contributed by atoms with Gasteiger partial charge in [-0.15, -0.1) is 5.10 Å². The highest BCUT2D eigenvalue weighted by molar-refractivity contribution is 5.92. The van der Waals surface area contributed by atoms with E-state index in [1.807, 2.05) is 52.2 Å². The van der Waals surface area contributed by atoms with Gasteiger partial charge in [0.15, 0.2) is 0 Å². The Bertz CT molecular complexity index is 696. The van der Waals surface area contributed by atoms with Gasteiger partial charge in [0, 0.05) is 31.3 Å². The SMILES string of the molecule is O=C(C=Cc1ccccc1)N1CC(n2cc(C3CC3)nn2)C1. The van der Waals surface area contributed by atoms with Gasteiger partial charge in [-0.25, -0.2) is 4.68 Å². The molecule has 0 radical (unpaired) electrons. The molecule has 1 saturated heterocycles. The van der Waals surface area contributed by atoms with Gasteiger partial charge < -0.3 is 4.90 Å². The average Bonchev–Trinajstić information content (AvgIpc) is 3.24. The zero-order valence-corrected chi connectivity index (χ0v) is 12.3. The van der Waals surface area contributed by atoms with E-state index < -0.39 is 0 Å². The molecular formula is C17H18N4O. The van der Waals surface area contributed by atoms with E-state index in [4.69, 9.17) is 0 Å². The molecule has 0 spiro atoms. The van der Waals surface area contributed by atoms with Crippen LogP contribution in [-0.2, 0) is 4.79 Å². The van der Waals surface area contributed by atoms with Crippen molar-refractivity contribution in [2.75, 3.05) is 13.1 Å². The number of nitrogens with zero attached hydrogens (tertiary/aromatic N) is 4. The number of carbonyl (C=O) groups is 1. The summed E-state index contributed by atoms with van der Waals surface area (Å²) >= 11 is 0. The van der Waals surface area contributed by atoms with Crippen LogP contribution in [0, 0.1) is 0 Å². The number of amides is 1. The van der Waals surface area contributed by atoms with Gasteiger partial charge in [-0.05, 0) is 24.5 Å². The third-order valence-corrected chi connectivity index (χ3v) is 4.29. The van der Waals surface area contributed by atoms with E-state index in [1.54, 1.807) is 6.08 Å². The van der Waals surface area contributed by atoms with Gasteiger partial charge in [0.25, 0.3) is 0 Å². The molecule has 5 nitrogen and oxygen atoms in total. The number of likely N-dealkylation sites (tertiary alicyclic amines) is 1. The summed E-state index contributed by atoms with van der Waals surface area (Å²) < 4.78 is 1.92. The highest BCUT2D eigenvalue weighted by Gasteiger charge is 2.33. The lowest BCUT2D eigenvalue weighted by Gasteiger charge is -2.38. The lowest BCUT2D eigenvalue weighted by atomic mass is 10.1. The molecule has 2 aliphatic rings. The van der Waals surface area contributed by atoms with Crippen LogP contribution in [0.15, 0.2) is 42.6 Å². The Morgan fingerprint density at radius 1 is 1.18 bits per heavy atom. The molecule has 2 fully saturated rings. The standard InChI is InChI=1S/C17H18N4O/c22-17(9-6-13-4-2-1-3-5-13)20-10-15(11-20)21-12-16(18-19-21)14-7-8-14/h1-6,9,12,14-15H,7-8,10-11H2. The number of carbonyl (C=O) groups excluding carboxylic acids is 1. The van der Waals surface area contributed by atoms with Crippen molar-refractivity contribution < 1.29 is 4.79 Å². The quantitative estimate of drug-likeness (QED) is 0.813. The summed E-state index contributed by atoms with van der Waals surface area (Å²) in [6, 6.07) is 10.1. The van der Waals surface area contributed by atoms with Crippen LogP contribution in [0.3, 0.4) is 0 Å². The third kappa shape index (κ3) is 2.66. The van der Waals surface area contributed by atoms with E-state index in [0.717, 1.165) is 11.3 Å². The zero-order valence-electron chi connectivity index (χ0n) is 12.3. The Morgan fingerprint density at radius 3 is 2.68 bits per heavy atom. The van der Waals surface area contributed by atoms with Crippen molar-refractivity contribution >= 4 is 12.0 Å². The molecule has 1 aromatic heterocycles. The Morgan fingerprint density at radius 2 is 1.95 bits per heavy atom. The Balaban J connectivity index is 1.32. The van der Waals surface area contributed by atoms with Crippen molar-refractivity contribution in [3.8, 4) is 0 Å². The molecule has 0 N–H and O–H groups in total. The summed E-state index contributed by atoms with van der Waals surface area (Å²) in [5.74, 6) is 0.683. The van der Waals surface area contributed by atoms with Crippen LogP contribution in [-0.4, -0.2) is 38.9 Å². The first-order valence-corrected chi connectivity index (χ1v) is 7.73. The van der Waals surface area contributed by atoms with E-state index >= 15 is 0 Å². The van der Waals surface area contributed by atoms with E-state index in [0.29, 0.717) is 19.0 Å². The molecule has 2 heterocycles. The fraction of sp³-hybridized carbons (Fsp3) is 0.353. The smallest absolute Gasteiger partial charge is 0.246 e. The van der Waals surface area contributed by atoms with E-state index in [-0.39, 0.29) is 11.9 Å². The topological polar surface area (TPSA) is 51.0 Å². The minimum Gasteiger partial charge on any atom is -0.335 e. The average molecular weight is 294 g/mol. The molecule has 22 heavy (non-hydrogen) atoms. The highest BCUT2D eigenvalue weighted by atomic mass is 16.2. The predicted molar refractivity (Wildman–Crippen MR) is 83.1 cm³/mol. The van der Waals surface area contributed by atoms with Crippen molar-refractivity contribution in [3.05, 3.63) is 53.9 Å². The van der Waals surface area contributed by atoms with Gasteiger partial charge in [-0.1, -0.05) is 35.5 Å². The van der Waals surface area contributed by atoms with Crippen LogP contribution in [0.2, 0.25) is 0 Å². The Hall–Kier alpha value is -2.43. The van der Waals surface area contributed by atoms with Gasteiger partial charge in [-0.2, -0.15) is 0 Å². The van der Waals surface area contributed by atoms with Crippen LogP contribution < -0.4 is 0 Å². The maximum atomic E-state index is 12.1. The predicted octanol–water partition coefficient (Wildman–Crippen LogP) is 2.25. The van der Waals surface area contributed by atoms with Crippen LogP contribution in [0.4, 0.5) is 0 Å². The summed E-state index contributed by atoms with van der Waals surface area (Å²) in [5.41, 5.74) is 2.15. The molecule has 1 aromatic carbocycles. The normalized spacial score (nSPS) is 18.6. The second-order valence-corrected chi connectivity index (χ2v) is 6.04. The first kappa shape index (κ1) is 13.2. The van der Waals surface area contributed by atoms with Crippen molar-refractivity contribution in [3.63, 3.8) is 0 Å². The molecule has 5 heteroatoms. The molecule has 0 atom stereocenters. The number of benzene rings is 1. The fourth-order valence-electron chi connectivity index (χ4n) is 2.67. The second-order valence-electron chi connectivity index (χ2n) is 6.04. The van der Waals surface area contributed by atoms with Gasteiger partial charge in [0.1, 0.15) is 0 Å². The van der Waals surface area contributed by atoms with Crippen molar-refractivity contribution in [2.24, 2.45) is 0 Å². The Kier molecular flexibility index (Phi) is 3.25. The molecular weight excluding hydrogens is 276 g/mol. The summed E-state index contributed by atoms with van der Waals surface area (Å²) in [6.07, 6.45) is 8.01. The maximum Gasteiger partial charge on any atom is 0.246 e. The summed E-state index contributed by atoms with van der Waals surface area (Å²) in [6.45, 7) is 1.43. The van der Waals surface area contributed by atoms with Gasteiger partial charge >= 0.3 is 0 Å². The van der Waals surface area contributed by atoms with Gasteiger partial charge in [-0.3, -0.25) is 4.79 Å². The molecule has 0 unspecified atom stereocenters. The van der Waals surface area contributed by atoms with Crippen LogP contribution in [0.5, 0.6) is 0 Å². The summed E-state index contributed by atoms with van der Waals surface area (Å²) in [5, 5.41) is 8.42. The lowest BCUT2D eigenvalue weighted by molar-refractivity contribution is -0.131. The van der Waals surface area contributed by atoms with Crippen LogP contribution >= 0.6 is 0 Å². The van der Waals surface area contributed by atoms with E-state index in [2.05, 4.69) is 10.3 Å². The van der Waals surface area contributed by atoms with Crippen LogP contribution in [0.1, 0.15) is 36.1 Å². The second kappa shape index (κ2) is 5.40. The first-order valence-electron chi connectivity index (χ1n) is 7.73. The largest absolute Gasteiger partial charge is 0.335 e. The number of hydrogen-bond donors (Lipinski definition) is 0. The zero-order chi connectivity index (χ0) is 14.9. The summed E-state index contributed by atoms with van der Waals surface area (Å²) in [4.78, 5) is 13.9. The molecule has 1 amide bonds. The third-order valence-electron chi connectivity index (χ3n) is 4.29. The number of rotatable bonds is 4. The molecule has 4 rings (SSSR count). The Labute approximate surface area is 129 Å². The van der Waals surface area contributed by atoms with Crippen LogP contribution in [0.25, 0.3) is 6.08 Å². The molecule has 0 bridgehead atoms. The van der Waals surface area contributed by atoms with E-state index in [9.17, 15) is 4.79 Å². The van der Waals surface area contributed by atoms with Crippen molar-refractivity contribution in [1.29, 1.82) is 0 Å². The molecule has 2 aromatic rings. The van der Waals surface area contributed by atoms with Gasteiger partial charge in [0.05, 0.1) is 11.7 Å². The van der Waals surface area contributed by atoms with Gasteiger partial charge in [0.2, 0.25) is 5.91 Å².